The first-order valence-corrected chi connectivity index (χ1v) is 5.74. The van der Waals surface area contributed by atoms with Crippen LogP contribution in [0.1, 0.15) is 10.4 Å². The predicted molar refractivity (Wildman–Crippen MR) is 70.7 cm³/mol. The van der Waals surface area contributed by atoms with E-state index in [9.17, 15) is 9.59 Å². The highest BCUT2D eigenvalue weighted by Crippen LogP contribution is 2.09. The van der Waals surface area contributed by atoms with Crippen LogP contribution in [-0.4, -0.2) is 40.4 Å². The van der Waals surface area contributed by atoms with Crippen molar-refractivity contribution in [3.63, 3.8) is 0 Å². The Morgan fingerprint density at radius 3 is 2.45 bits per heavy atom. The minimum atomic E-state index is -0.306. The molecule has 2 rings (SSSR count). The van der Waals surface area contributed by atoms with E-state index in [2.05, 4.69) is 20.9 Å². The Morgan fingerprint density at radius 1 is 1.20 bits per heavy atom. The number of ether oxygens (including phenoxy) is 1. The highest BCUT2D eigenvalue weighted by atomic mass is 16.5. The van der Waals surface area contributed by atoms with Gasteiger partial charge >= 0.3 is 0 Å². The number of carbonyl (C=O) groups excluding carboxylic acids is 2. The van der Waals surface area contributed by atoms with Crippen LogP contribution in [0.5, 0.6) is 0 Å². The van der Waals surface area contributed by atoms with Crippen molar-refractivity contribution in [2.75, 3.05) is 24.5 Å². The molecule has 0 saturated carbocycles. The summed E-state index contributed by atoms with van der Waals surface area (Å²) in [6, 6.07) is 6.47. The van der Waals surface area contributed by atoms with Gasteiger partial charge in [0.1, 0.15) is 19.3 Å². The van der Waals surface area contributed by atoms with Gasteiger partial charge in [0.15, 0.2) is 0 Å². The molecule has 0 unspecified atom stereocenters. The third kappa shape index (κ3) is 3.62. The monoisotopic (exact) mass is 275 g/mol. The van der Waals surface area contributed by atoms with E-state index in [1.165, 1.54) is 24.4 Å². The number of nitrogens with one attached hydrogen (secondary N) is 2. The van der Waals surface area contributed by atoms with E-state index in [0.29, 0.717) is 11.3 Å². The zero-order chi connectivity index (χ0) is 14.4. The molecular weight excluding hydrogens is 262 g/mol. The van der Waals surface area contributed by atoms with E-state index >= 15 is 0 Å². The summed E-state index contributed by atoms with van der Waals surface area (Å²) in [6.45, 7) is -0.0180. The quantitative estimate of drug-likeness (QED) is 0.815. The van der Waals surface area contributed by atoms with Crippen LogP contribution in [0.15, 0.2) is 36.9 Å². The second-order valence-corrected chi connectivity index (χ2v) is 3.87. The minimum absolute atomic E-state index is 0.0180. The van der Waals surface area contributed by atoms with Crippen molar-refractivity contribution in [3.05, 3.63) is 42.5 Å². The lowest BCUT2D eigenvalue weighted by Gasteiger charge is -2.07. The molecule has 1 aromatic carbocycles. The second-order valence-electron chi connectivity index (χ2n) is 3.87. The molecule has 2 amide bonds. The lowest BCUT2D eigenvalue weighted by atomic mass is 10.2. The van der Waals surface area contributed by atoms with Crippen LogP contribution < -0.4 is 10.7 Å². The maximum atomic E-state index is 11.9. The number of amides is 2. The van der Waals surface area contributed by atoms with Crippen LogP contribution >= 0.6 is 0 Å². The summed E-state index contributed by atoms with van der Waals surface area (Å²) in [6.07, 6.45) is 2.74. The van der Waals surface area contributed by atoms with E-state index in [0.717, 1.165) is 0 Å². The number of hydrogen-bond acceptors (Lipinski definition) is 5. The number of benzene rings is 1. The van der Waals surface area contributed by atoms with Gasteiger partial charge in [0, 0.05) is 18.4 Å². The Hall–Kier alpha value is -2.74. The van der Waals surface area contributed by atoms with Crippen molar-refractivity contribution in [2.45, 2.75) is 0 Å². The first-order valence-electron chi connectivity index (χ1n) is 5.74. The summed E-state index contributed by atoms with van der Waals surface area (Å²) < 4.78 is 6.05. The zero-order valence-electron chi connectivity index (χ0n) is 10.7. The van der Waals surface area contributed by atoms with Crippen LogP contribution in [0.4, 0.5) is 5.69 Å². The van der Waals surface area contributed by atoms with Gasteiger partial charge in [0.05, 0.1) is 0 Å². The topological polar surface area (TPSA) is 98.1 Å². The molecule has 104 valence electrons. The number of anilines is 1. The Kier molecular flexibility index (Phi) is 4.40. The molecule has 8 heteroatoms. The highest BCUT2D eigenvalue weighted by molar-refractivity contribution is 6.00. The van der Waals surface area contributed by atoms with Crippen molar-refractivity contribution in [1.29, 1.82) is 0 Å². The first kappa shape index (κ1) is 13.7. The second kappa shape index (κ2) is 6.43. The molecule has 0 aliphatic carbocycles. The van der Waals surface area contributed by atoms with Crippen molar-refractivity contribution in [1.82, 2.24) is 14.9 Å². The van der Waals surface area contributed by atoms with Crippen molar-refractivity contribution in [3.8, 4) is 0 Å². The molecule has 0 spiro atoms. The van der Waals surface area contributed by atoms with Crippen molar-refractivity contribution < 1.29 is 14.3 Å². The fraction of sp³-hybridized carbons (Fsp3) is 0.167. The lowest BCUT2D eigenvalue weighted by Crippen LogP contribution is -2.21. The van der Waals surface area contributed by atoms with E-state index in [1.54, 1.807) is 24.3 Å². The molecule has 1 aromatic heterocycles. The van der Waals surface area contributed by atoms with Crippen molar-refractivity contribution in [2.24, 2.45) is 0 Å². The molecule has 0 saturated heterocycles. The largest absolute Gasteiger partial charge is 0.375 e. The normalized spacial score (nSPS) is 10.1. The lowest BCUT2D eigenvalue weighted by molar-refractivity contribution is -0.119. The van der Waals surface area contributed by atoms with Crippen LogP contribution in [0.2, 0.25) is 0 Å². The van der Waals surface area contributed by atoms with Gasteiger partial charge in [-0.25, -0.2) is 4.68 Å². The zero-order valence-corrected chi connectivity index (χ0v) is 10.7. The minimum Gasteiger partial charge on any atom is -0.375 e. The standard InChI is InChI=1S/C12H13N5O3/c1-20-6-11(18)15-10-4-2-9(3-5-10)12(19)16-17-7-13-14-8-17/h2-5,7-8H,6H2,1H3,(H,15,18)(H,16,19). The van der Waals surface area contributed by atoms with E-state index < -0.39 is 0 Å². The average Bonchev–Trinajstić information content (AvgIpc) is 2.92. The van der Waals surface area contributed by atoms with E-state index in [4.69, 9.17) is 4.74 Å². The van der Waals surface area contributed by atoms with E-state index in [1.807, 2.05) is 0 Å². The first-order chi connectivity index (χ1) is 9.69. The van der Waals surface area contributed by atoms with Gasteiger partial charge in [-0.2, -0.15) is 0 Å². The highest BCUT2D eigenvalue weighted by Gasteiger charge is 2.07. The SMILES string of the molecule is COCC(=O)Nc1ccc(C(=O)Nn2cnnc2)cc1. The molecule has 0 bridgehead atoms. The molecule has 0 aliphatic heterocycles. The molecule has 2 N–H and O–H groups in total. The molecule has 0 fully saturated rings. The van der Waals surface area contributed by atoms with E-state index in [-0.39, 0.29) is 18.4 Å². The molecule has 8 nitrogen and oxygen atoms in total. The number of rotatable bonds is 5. The molecular formula is C12H13N5O3. The molecule has 20 heavy (non-hydrogen) atoms. The number of aromatic nitrogens is 3. The fourth-order valence-corrected chi connectivity index (χ4v) is 1.47. The van der Waals surface area contributed by atoms with Crippen LogP contribution in [0.25, 0.3) is 0 Å². The van der Waals surface area contributed by atoms with Crippen LogP contribution in [0, 0.1) is 0 Å². The van der Waals surface area contributed by atoms with Gasteiger partial charge in [0.25, 0.3) is 5.91 Å². The molecule has 1 heterocycles. The van der Waals surface area contributed by atoms with Gasteiger partial charge in [-0.1, -0.05) is 0 Å². The summed E-state index contributed by atoms with van der Waals surface area (Å²) in [4.78, 5) is 23.2. The number of methoxy groups -OCH3 is 1. The third-order valence-electron chi connectivity index (χ3n) is 2.36. The Morgan fingerprint density at radius 2 is 1.85 bits per heavy atom. The smallest absolute Gasteiger partial charge is 0.270 e. The molecule has 0 aliphatic rings. The fourth-order valence-electron chi connectivity index (χ4n) is 1.47. The summed E-state index contributed by atoms with van der Waals surface area (Å²) in [5, 5.41) is 9.78. The molecule has 2 aromatic rings. The van der Waals surface area contributed by atoms with Gasteiger partial charge in [-0.15, -0.1) is 10.2 Å². The van der Waals surface area contributed by atoms with Gasteiger partial charge in [-0.3, -0.25) is 15.0 Å². The van der Waals surface area contributed by atoms with Gasteiger partial charge in [-0.05, 0) is 24.3 Å². The number of nitrogens with zero attached hydrogens (tertiary/aromatic N) is 3. The Balaban J connectivity index is 1.97. The summed E-state index contributed by atoms with van der Waals surface area (Å²) in [5.41, 5.74) is 3.60. The molecule has 0 radical (unpaired) electrons. The summed E-state index contributed by atoms with van der Waals surface area (Å²) >= 11 is 0. The molecule has 0 atom stereocenters. The predicted octanol–water partition coefficient (Wildman–Crippen LogP) is 0.247. The van der Waals surface area contributed by atoms with Gasteiger partial charge < -0.3 is 10.1 Å². The Labute approximate surface area is 114 Å². The van der Waals surface area contributed by atoms with Crippen LogP contribution in [-0.2, 0) is 9.53 Å². The maximum Gasteiger partial charge on any atom is 0.270 e. The Bertz CT molecular complexity index is 580. The van der Waals surface area contributed by atoms with Crippen molar-refractivity contribution >= 4 is 17.5 Å². The third-order valence-corrected chi connectivity index (χ3v) is 2.36. The maximum absolute atomic E-state index is 11.9. The average molecular weight is 275 g/mol. The number of hydrogen-bond donors (Lipinski definition) is 2. The van der Waals surface area contributed by atoms with Crippen LogP contribution in [0.3, 0.4) is 0 Å². The summed E-state index contributed by atoms with van der Waals surface area (Å²) in [5.74, 6) is -0.561. The summed E-state index contributed by atoms with van der Waals surface area (Å²) in [7, 11) is 1.44. The van der Waals surface area contributed by atoms with Gasteiger partial charge in [0.2, 0.25) is 5.91 Å². The number of carbonyl (C=O) groups is 2.